The summed E-state index contributed by atoms with van der Waals surface area (Å²) < 4.78 is -0.652. The van der Waals surface area contributed by atoms with Crippen molar-refractivity contribution in [3.05, 3.63) is 83.2 Å². The fraction of sp³-hybridized carbons (Fsp3) is 0.0476. The van der Waals surface area contributed by atoms with E-state index in [-0.39, 0.29) is 0 Å². The van der Waals surface area contributed by atoms with Crippen LogP contribution in [0, 0.1) is 16.5 Å². The van der Waals surface area contributed by atoms with Gasteiger partial charge in [-0.15, -0.1) is 0 Å². The topological polar surface area (TPSA) is 59.2 Å². The zero-order valence-electron chi connectivity index (χ0n) is 13.7. The second kappa shape index (κ2) is 5.67. The van der Waals surface area contributed by atoms with Gasteiger partial charge in [-0.05, 0) is 34.5 Å². The first-order valence-electron chi connectivity index (χ1n) is 7.95. The van der Waals surface area contributed by atoms with Crippen molar-refractivity contribution in [1.82, 2.24) is 0 Å². The van der Waals surface area contributed by atoms with Crippen LogP contribution in [-0.4, -0.2) is 18.0 Å². The molecule has 1 unspecified atom stereocenters. The number of quaternary nitrogens is 1. The summed E-state index contributed by atoms with van der Waals surface area (Å²) in [5.41, 5.74) is 3.73. The van der Waals surface area contributed by atoms with E-state index in [1.54, 1.807) is 12.3 Å². The minimum atomic E-state index is -0.652. The van der Waals surface area contributed by atoms with Crippen molar-refractivity contribution in [2.45, 2.75) is 0 Å². The Morgan fingerprint density at radius 1 is 1.00 bits per heavy atom. The number of benzene rings is 3. The van der Waals surface area contributed by atoms with Crippen LogP contribution in [-0.2, 0) is 0 Å². The molecule has 0 radical (unpaired) electrons. The van der Waals surface area contributed by atoms with Gasteiger partial charge in [-0.3, -0.25) is 4.65 Å². The molecule has 4 rings (SSSR count). The highest BCUT2D eigenvalue weighted by Gasteiger charge is 2.23. The van der Waals surface area contributed by atoms with Gasteiger partial charge in [0.2, 0.25) is 0 Å². The van der Waals surface area contributed by atoms with E-state index in [9.17, 15) is 10.5 Å². The SMILES string of the molecule is C[N+]1([O-])C=NC=C1c1ccc(C#N)c(-c2cccc3ccccc23)c1. The molecule has 0 N–H and O–H groups in total. The summed E-state index contributed by atoms with van der Waals surface area (Å²) in [6.45, 7) is 0. The molecule has 1 aliphatic heterocycles. The summed E-state index contributed by atoms with van der Waals surface area (Å²) in [6, 6.07) is 21.9. The average molecular weight is 325 g/mol. The normalized spacial score (nSPS) is 19.0. The van der Waals surface area contributed by atoms with Gasteiger partial charge in [0.1, 0.15) is 0 Å². The van der Waals surface area contributed by atoms with Crippen molar-refractivity contribution >= 4 is 22.8 Å². The summed E-state index contributed by atoms with van der Waals surface area (Å²) >= 11 is 0. The molecule has 0 saturated carbocycles. The second-order valence-corrected chi connectivity index (χ2v) is 6.17. The van der Waals surface area contributed by atoms with Gasteiger partial charge in [-0.1, -0.05) is 42.5 Å². The van der Waals surface area contributed by atoms with Crippen molar-refractivity contribution in [3.8, 4) is 17.2 Å². The highest BCUT2D eigenvalue weighted by molar-refractivity contribution is 5.98. The molecule has 3 aromatic rings. The van der Waals surface area contributed by atoms with Crippen LogP contribution >= 0.6 is 0 Å². The molecule has 4 nitrogen and oxygen atoms in total. The summed E-state index contributed by atoms with van der Waals surface area (Å²) in [4.78, 5) is 4.00. The Labute approximate surface area is 145 Å². The number of rotatable bonds is 2. The Hall–Kier alpha value is -3.26. The Bertz CT molecular complexity index is 1080. The van der Waals surface area contributed by atoms with Crippen LogP contribution in [0.3, 0.4) is 0 Å². The zero-order chi connectivity index (χ0) is 17.4. The third-order valence-corrected chi connectivity index (χ3v) is 4.48. The van der Waals surface area contributed by atoms with Crippen molar-refractivity contribution in [1.29, 1.82) is 5.26 Å². The zero-order valence-corrected chi connectivity index (χ0v) is 13.7. The fourth-order valence-corrected chi connectivity index (χ4v) is 3.22. The van der Waals surface area contributed by atoms with Crippen molar-refractivity contribution < 1.29 is 4.65 Å². The number of nitriles is 1. The van der Waals surface area contributed by atoms with Gasteiger partial charge in [0.05, 0.1) is 24.9 Å². The van der Waals surface area contributed by atoms with Crippen LogP contribution in [0.4, 0.5) is 0 Å². The molecule has 120 valence electrons. The van der Waals surface area contributed by atoms with Crippen molar-refractivity contribution in [2.75, 3.05) is 7.05 Å². The maximum atomic E-state index is 12.5. The third kappa shape index (κ3) is 2.52. The monoisotopic (exact) mass is 325 g/mol. The highest BCUT2D eigenvalue weighted by atomic mass is 16.5. The predicted molar refractivity (Wildman–Crippen MR) is 100 cm³/mol. The van der Waals surface area contributed by atoms with E-state index in [1.165, 1.54) is 13.4 Å². The molecule has 3 aromatic carbocycles. The Balaban J connectivity index is 1.95. The van der Waals surface area contributed by atoms with Gasteiger partial charge in [0.15, 0.2) is 12.0 Å². The van der Waals surface area contributed by atoms with Crippen molar-refractivity contribution in [3.63, 3.8) is 0 Å². The Morgan fingerprint density at radius 3 is 2.56 bits per heavy atom. The van der Waals surface area contributed by atoms with Crippen molar-refractivity contribution in [2.24, 2.45) is 4.99 Å². The molecule has 1 aliphatic rings. The molecular formula is C21H15N3O. The van der Waals surface area contributed by atoms with E-state index in [0.717, 1.165) is 27.5 Å². The molecule has 0 bridgehead atoms. The van der Waals surface area contributed by atoms with Crippen LogP contribution in [0.2, 0.25) is 0 Å². The molecule has 0 amide bonds. The van der Waals surface area contributed by atoms with Crippen LogP contribution in [0.15, 0.2) is 71.9 Å². The summed E-state index contributed by atoms with van der Waals surface area (Å²) in [6.07, 6.45) is 2.94. The maximum Gasteiger partial charge on any atom is 0.195 e. The minimum Gasteiger partial charge on any atom is -0.621 e. The quantitative estimate of drug-likeness (QED) is 0.508. The van der Waals surface area contributed by atoms with Gasteiger partial charge < -0.3 is 5.21 Å². The molecule has 0 spiro atoms. The fourth-order valence-electron chi connectivity index (χ4n) is 3.22. The number of aliphatic imine (C=N–C) groups is 1. The van der Waals surface area contributed by atoms with Crippen LogP contribution in [0.5, 0.6) is 0 Å². The lowest BCUT2D eigenvalue weighted by Gasteiger charge is -2.31. The van der Waals surface area contributed by atoms with Crippen LogP contribution in [0.25, 0.3) is 27.6 Å². The molecule has 0 aromatic heterocycles. The standard InChI is InChI=1S/C21H15N3O/c1-24(25)14-23-13-21(24)16-9-10-17(12-22)20(11-16)19-8-4-6-15-5-2-3-7-18(15)19/h2-11,13-14H,1H3. The van der Waals surface area contributed by atoms with Gasteiger partial charge in [0, 0.05) is 11.1 Å². The molecule has 25 heavy (non-hydrogen) atoms. The number of hydrogen-bond donors (Lipinski definition) is 0. The molecule has 4 heteroatoms. The molecule has 0 aliphatic carbocycles. The molecular weight excluding hydrogens is 310 g/mol. The first-order chi connectivity index (χ1) is 12.1. The first kappa shape index (κ1) is 15.3. The number of nitrogens with zero attached hydrogens (tertiary/aromatic N) is 3. The van der Waals surface area contributed by atoms with E-state index in [0.29, 0.717) is 11.3 Å². The lowest BCUT2D eigenvalue weighted by atomic mass is 9.93. The Morgan fingerprint density at radius 2 is 1.80 bits per heavy atom. The van der Waals surface area contributed by atoms with E-state index < -0.39 is 4.65 Å². The molecule has 0 saturated heterocycles. The van der Waals surface area contributed by atoms with E-state index in [4.69, 9.17) is 0 Å². The van der Waals surface area contributed by atoms with Crippen LogP contribution in [0.1, 0.15) is 11.1 Å². The largest absolute Gasteiger partial charge is 0.621 e. The molecule has 1 atom stereocenters. The van der Waals surface area contributed by atoms with Gasteiger partial charge in [-0.2, -0.15) is 5.26 Å². The second-order valence-electron chi connectivity index (χ2n) is 6.17. The summed E-state index contributed by atoms with van der Waals surface area (Å²) in [5.74, 6) is 0. The third-order valence-electron chi connectivity index (χ3n) is 4.48. The summed E-state index contributed by atoms with van der Waals surface area (Å²) in [7, 11) is 1.54. The van der Waals surface area contributed by atoms with Crippen LogP contribution < -0.4 is 0 Å². The lowest BCUT2D eigenvalue weighted by Crippen LogP contribution is -2.31. The van der Waals surface area contributed by atoms with Gasteiger partial charge in [-0.25, -0.2) is 4.99 Å². The maximum absolute atomic E-state index is 12.5. The van der Waals surface area contributed by atoms with Gasteiger partial charge in [0.25, 0.3) is 0 Å². The van der Waals surface area contributed by atoms with E-state index >= 15 is 0 Å². The van der Waals surface area contributed by atoms with Gasteiger partial charge >= 0.3 is 0 Å². The summed E-state index contributed by atoms with van der Waals surface area (Å²) in [5, 5.41) is 24.3. The minimum absolute atomic E-state index is 0.561. The Kier molecular flexibility index (Phi) is 3.47. The average Bonchev–Trinajstić information content (AvgIpc) is 3.00. The molecule has 1 heterocycles. The lowest BCUT2D eigenvalue weighted by molar-refractivity contribution is -0.674. The van der Waals surface area contributed by atoms with E-state index in [2.05, 4.69) is 11.1 Å². The predicted octanol–water partition coefficient (Wildman–Crippen LogP) is 4.66. The first-order valence-corrected chi connectivity index (χ1v) is 7.95. The smallest absolute Gasteiger partial charge is 0.195 e. The van der Waals surface area contributed by atoms with E-state index in [1.807, 2.05) is 54.6 Å². The number of fused-ring (bicyclic) bond motifs is 1. The highest BCUT2D eigenvalue weighted by Crippen LogP contribution is 2.35. The number of hydrogen-bond acceptors (Lipinski definition) is 3. The number of hydroxylamine groups is 3. The molecule has 0 fully saturated rings.